The third-order valence-corrected chi connectivity index (χ3v) is 5.48. The molecule has 0 aliphatic carbocycles. The quantitative estimate of drug-likeness (QED) is 0.709. The predicted octanol–water partition coefficient (Wildman–Crippen LogP) is 3.63. The molecule has 3 aromatic rings. The van der Waals surface area contributed by atoms with Gasteiger partial charge in [-0.15, -0.1) is 0 Å². The van der Waals surface area contributed by atoms with Crippen LogP contribution in [0.2, 0.25) is 0 Å². The number of carbonyl (C=O) groups excluding carboxylic acids is 1. The Morgan fingerprint density at radius 2 is 2.03 bits per heavy atom. The van der Waals surface area contributed by atoms with Gasteiger partial charge in [0.1, 0.15) is 11.4 Å². The van der Waals surface area contributed by atoms with E-state index in [1.807, 2.05) is 4.90 Å². The molecule has 2 fully saturated rings. The maximum atomic E-state index is 12.8. The molecule has 0 radical (unpaired) electrons. The maximum Gasteiger partial charge on any atom is 0.417 e. The average Bonchev–Trinajstić information content (AvgIpc) is 3.36. The molecule has 5 rings (SSSR count). The summed E-state index contributed by atoms with van der Waals surface area (Å²) in [6, 6.07) is 11.2. The first kappa shape index (κ1) is 18.8. The van der Waals surface area contributed by atoms with Crippen molar-refractivity contribution in [2.75, 3.05) is 13.1 Å². The normalized spacial score (nSPS) is 20.7. The molecule has 1 N–H and O–H groups in total. The number of nitrogens with one attached hydrogen (secondary N) is 1. The SMILES string of the molecule is O=C(c1ccc2cc(Oc3ccc(C(F)(F)F)cn3)ccc2n1)N1C[C@@H]2C[C@H]1CN2. The highest BCUT2D eigenvalue weighted by Crippen LogP contribution is 2.31. The molecule has 2 saturated heterocycles. The second-order valence-corrected chi connectivity index (χ2v) is 7.49. The number of nitrogens with zero attached hydrogens (tertiary/aromatic N) is 3. The van der Waals surface area contributed by atoms with Crippen molar-refractivity contribution < 1.29 is 22.7 Å². The van der Waals surface area contributed by atoms with Gasteiger partial charge in [0, 0.05) is 42.8 Å². The van der Waals surface area contributed by atoms with E-state index in [1.165, 1.54) is 6.07 Å². The lowest BCUT2D eigenvalue weighted by Crippen LogP contribution is -2.46. The Labute approximate surface area is 169 Å². The lowest BCUT2D eigenvalue weighted by molar-refractivity contribution is -0.137. The molecular formula is C21H17F3N4O2. The standard InChI is InChI=1S/C21H17F3N4O2/c22-21(23,24)13-2-6-19(26-9-13)30-16-3-5-17-12(7-16)1-4-18(27-17)20(29)28-11-14-8-15(28)10-25-14/h1-7,9,14-15,25H,8,10-11H2/t14-,15-/m0/s1. The van der Waals surface area contributed by atoms with Crippen LogP contribution in [-0.2, 0) is 6.18 Å². The summed E-state index contributed by atoms with van der Waals surface area (Å²) < 4.78 is 43.5. The summed E-state index contributed by atoms with van der Waals surface area (Å²) in [6.45, 7) is 1.53. The summed E-state index contributed by atoms with van der Waals surface area (Å²) in [7, 11) is 0. The number of pyridine rings is 2. The summed E-state index contributed by atoms with van der Waals surface area (Å²) in [5, 5.41) is 4.12. The Morgan fingerprint density at radius 1 is 1.17 bits per heavy atom. The van der Waals surface area contributed by atoms with Crippen LogP contribution < -0.4 is 10.1 Å². The molecule has 2 atom stereocenters. The lowest BCUT2D eigenvalue weighted by Gasteiger charge is -2.27. The average molecular weight is 414 g/mol. The highest BCUT2D eigenvalue weighted by molar-refractivity contribution is 5.95. The topological polar surface area (TPSA) is 67.3 Å². The van der Waals surface area contributed by atoms with Gasteiger partial charge in [0.05, 0.1) is 11.1 Å². The molecule has 0 spiro atoms. The summed E-state index contributed by atoms with van der Waals surface area (Å²) >= 11 is 0. The van der Waals surface area contributed by atoms with E-state index in [4.69, 9.17) is 4.74 Å². The van der Waals surface area contributed by atoms with Gasteiger partial charge in [-0.2, -0.15) is 13.2 Å². The number of piperazine rings is 1. The minimum Gasteiger partial charge on any atom is -0.439 e. The number of hydrogen-bond donors (Lipinski definition) is 1. The summed E-state index contributed by atoms with van der Waals surface area (Å²) in [4.78, 5) is 22.9. The fraction of sp³-hybridized carbons (Fsp3) is 0.286. The molecule has 30 heavy (non-hydrogen) atoms. The van der Waals surface area contributed by atoms with E-state index in [0.29, 0.717) is 29.5 Å². The smallest absolute Gasteiger partial charge is 0.417 e. The zero-order valence-electron chi connectivity index (χ0n) is 15.7. The molecule has 9 heteroatoms. The zero-order chi connectivity index (χ0) is 20.9. The number of alkyl halides is 3. The highest BCUT2D eigenvalue weighted by atomic mass is 19.4. The molecular weight excluding hydrogens is 397 g/mol. The van der Waals surface area contributed by atoms with Gasteiger partial charge in [-0.1, -0.05) is 6.07 Å². The Hall–Kier alpha value is -3.20. The number of rotatable bonds is 3. The van der Waals surface area contributed by atoms with Gasteiger partial charge >= 0.3 is 6.18 Å². The predicted molar refractivity (Wildman–Crippen MR) is 102 cm³/mol. The van der Waals surface area contributed by atoms with Gasteiger partial charge in [-0.3, -0.25) is 4.79 Å². The molecule has 0 saturated carbocycles. The third kappa shape index (κ3) is 3.45. The van der Waals surface area contributed by atoms with Crippen molar-refractivity contribution in [2.24, 2.45) is 0 Å². The van der Waals surface area contributed by atoms with E-state index >= 15 is 0 Å². The van der Waals surface area contributed by atoms with Crippen molar-refractivity contribution >= 4 is 16.8 Å². The second-order valence-electron chi connectivity index (χ2n) is 7.49. The number of carbonyl (C=O) groups is 1. The van der Waals surface area contributed by atoms with E-state index in [-0.39, 0.29) is 17.8 Å². The van der Waals surface area contributed by atoms with E-state index in [2.05, 4.69) is 15.3 Å². The number of benzene rings is 1. The zero-order valence-corrected chi connectivity index (χ0v) is 15.7. The van der Waals surface area contributed by atoms with E-state index in [1.54, 1.807) is 30.3 Å². The van der Waals surface area contributed by atoms with Crippen LogP contribution in [0.3, 0.4) is 0 Å². The minimum absolute atomic E-state index is 0.0554. The first-order valence-corrected chi connectivity index (χ1v) is 9.53. The Balaban J connectivity index is 1.34. The van der Waals surface area contributed by atoms with Crippen molar-refractivity contribution in [3.63, 3.8) is 0 Å². The summed E-state index contributed by atoms with van der Waals surface area (Å²) in [5.74, 6) is 0.401. The highest BCUT2D eigenvalue weighted by Gasteiger charge is 2.40. The number of amides is 1. The van der Waals surface area contributed by atoms with E-state index in [0.717, 1.165) is 30.6 Å². The van der Waals surface area contributed by atoms with Crippen molar-refractivity contribution in [3.8, 4) is 11.6 Å². The fourth-order valence-electron chi connectivity index (χ4n) is 3.97. The van der Waals surface area contributed by atoms with Gasteiger partial charge in [-0.25, -0.2) is 9.97 Å². The number of likely N-dealkylation sites (tertiary alicyclic amines) is 1. The Kier molecular flexibility index (Phi) is 4.35. The van der Waals surface area contributed by atoms with Crippen molar-refractivity contribution in [1.82, 2.24) is 20.2 Å². The lowest BCUT2D eigenvalue weighted by atomic mass is 10.1. The van der Waals surface area contributed by atoms with Crippen LogP contribution in [0, 0.1) is 0 Å². The molecule has 2 aliphatic heterocycles. The number of ether oxygens (including phenoxy) is 1. The maximum absolute atomic E-state index is 12.8. The fourth-order valence-corrected chi connectivity index (χ4v) is 3.97. The van der Waals surface area contributed by atoms with Crippen LogP contribution in [0.25, 0.3) is 10.9 Å². The number of aromatic nitrogens is 2. The number of fused-ring (bicyclic) bond motifs is 3. The largest absolute Gasteiger partial charge is 0.439 e. The molecule has 4 heterocycles. The molecule has 2 aliphatic rings. The van der Waals surface area contributed by atoms with Gasteiger partial charge in [0.15, 0.2) is 0 Å². The minimum atomic E-state index is -4.44. The second kappa shape index (κ2) is 6.94. The number of hydrogen-bond acceptors (Lipinski definition) is 5. The molecule has 6 nitrogen and oxygen atoms in total. The third-order valence-electron chi connectivity index (χ3n) is 5.48. The molecule has 154 valence electrons. The van der Waals surface area contributed by atoms with Crippen LogP contribution in [0.4, 0.5) is 13.2 Å². The molecule has 1 aromatic carbocycles. The summed E-state index contributed by atoms with van der Waals surface area (Å²) in [6.07, 6.45) is -2.73. The first-order valence-electron chi connectivity index (χ1n) is 9.53. The molecule has 0 unspecified atom stereocenters. The van der Waals surface area contributed by atoms with Gasteiger partial charge in [-0.05, 0) is 36.8 Å². The van der Waals surface area contributed by atoms with E-state index < -0.39 is 11.7 Å². The Bertz CT molecular complexity index is 1120. The van der Waals surface area contributed by atoms with Crippen LogP contribution >= 0.6 is 0 Å². The van der Waals surface area contributed by atoms with Crippen LogP contribution in [0.1, 0.15) is 22.5 Å². The molecule has 2 bridgehead atoms. The van der Waals surface area contributed by atoms with Crippen molar-refractivity contribution in [3.05, 3.63) is 59.9 Å². The summed E-state index contributed by atoms with van der Waals surface area (Å²) in [5.41, 5.74) is 0.195. The monoisotopic (exact) mass is 414 g/mol. The van der Waals surface area contributed by atoms with Crippen LogP contribution in [0.15, 0.2) is 48.7 Å². The molecule has 1 amide bonds. The van der Waals surface area contributed by atoms with Gasteiger partial charge in [0.2, 0.25) is 5.88 Å². The van der Waals surface area contributed by atoms with E-state index in [9.17, 15) is 18.0 Å². The van der Waals surface area contributed by atoms with Gasteiger partial charge < -0.3 is 15.0 Å². The van der Waals surface area contributed by atoms with Crippen LogP contribution in [-0.4, -0.2) is 45.9 Å². The van der Waals surface area contributed by atoms with Crippen molar-refractivity contribution in [2.45, 2.75) is 24.7 Å². The number of halogens is 3. The van der Waals surface area contributed by atoms with Crippen LogP contribution in [0.5, 0.6) is 11.6 Å². The van der Waals surface area contributed by atoms with Gasteiger partial charge in [0.25, 0.3) is 5.91 Å². The Morgan fingerprint density at radius 3 is 2.70 bits per heavy atom. The molecule has 2 aromatic heterocycles. The van der Waals surface area contributed by atoms with Crippen molar-refractivity contribution in [1.29, 1.82) is 0 Å². The first-order chi connectivity index (χ1) is 14.4.